The zero-order valence-corrected chi connectivity index (χ0v) is 8.31. The van der Waals surface area contributed by atoms with Gasteiger partial charge in [0.2, 0.25) is 0 Å². The second-order valence-corrected chi connectivity index (χ2v) is 3.32. The first kappa shape index (κ1) is 12.1. The van der Waals surface area contributed by atoms with Gasteiger partial charge in [0.15, 0.2) is 0 Å². The number of halogens is 4. The van der Waals surface area contributed by atoms with Gasteiger partial charge in [-0.25, -0.2) is 0 Å². The summed E-state index contributed by atoms with van der Waals surface area (Å²) in [4.78, 5) is 0. The van der Waals surface area contributed by atoms with E-state index in [9.17, 15) is 18.3 Å². The van der Waals surface area contributed by atoms with Crippen molar-refractivity contribution in [3.05, 3.63) is 47.0 Å². The van der Waals surface area contributed by atoms with Gasteiger partial charge < -0.3 is 5.11 Å². The van der Waals surface area contributed by atoms with Crippen LogP contribution in [0, 0.1) is 0 Å². The highest BCUT2D eigenvalue weighted by Crippen LogP contribution is 2.33. The van der Waals surface area contributed by atoms with Gasteiger partial charge in [-0.3, -0.25) is 0 Å². The fraction of sp³-hybridized carbons (Fsp3) is 0.200. The maximum Gasteiger partial charge on any atom is 0.416 e. The molecule has 1 N–H and O–H groups in total. The summed E-state index contributed by atoms with van der Waals surface area (Å²) < 4.78 is 36.9. The maximum absolute atomic E-state index is 12.3. The monoisotopic (exact) mass is 236 g/mol. The summed E-state index contributed by atoms with van der Waals surface area (Å²) in [6.07, 6.45) is -4.53. The molecule has 0 bridgehead atoms. The molecule has 0 amide bonds. The first-order chi connectivity index (χ1) is 6.86. The van der Waals surface area contributed by atoms with E-state index in [1.807, 2.05) is 0 Å². The van der Waals surface area contributed by atoms with Crippen molar-refractivity contribution in [3.63, 3.8) is 0 Å². The van der Waals surface area contributed by atoms with E-state index in [2.05, 4.69) is 6.58 Å². The summed E-state index contributed by atoms with van der Waals surface area (Å²) >= 11 is 5.64. The van der Waals surface area contributed by atoms with Crippen LogP contribution in [-0.2, 0) is 6.18 Å². The van der Waals surface area contributed by atoms with E-state index in [-0.39, 0.29) is 10.6 Å². The quantitative estimate of drug-likeness (QED) is 0.779. The van der Waals surface area contributed by atoms with Crippen molar-refractivity contribution in [3.8, 4) is 0 Å². The molecule has 1 atom stereocenters. The van der Waals surface area contributed by atoms with Gasteiger partial charge in [0, 0.05) is 10.6 Å². The van der Waals surface area contributed by atoms with Crippen LogP contribution in [0.1, 0.15) is 17.2 Å². The maximum atomic E-state index is 12.3. The second kappa shape index (κ2) is 4.24. The Morgan fingerprint density at radius 2 is 2.00 bits per heavy atom. The summed E-state index contributed by atoms with van der Waals surface area (Å²) in [6.45, 7) is 3.28. The Labute approximate surface area is 89.8 Å². The summed E-state index contributed by atoms with van der Waals surface area (Å²) in [7, 11) is 0. The van der Waals surface area contributed by atoms with Crippen LogP contribution in [0.5, 0.6) is 0 Å². The van der Waals surface area contributed by atoms with Crippen LogP contribution in [-0.4, -0.2) is 5.11 Å². The lowest BCUT2D eigenvalue weighted by molar-refractivity contribution is -0.137. The molecule has 1 unspecified atom stereocenters. The predicted octanol–water partition coefficient (Wildman–Crippen LogP) is 3.58. The Morgan fingerprint density at radius 3 is 2.47 bits per heavy atom. The Balaban J connectivity index is 3.22. The van der Waals surface area contributed by atoms with E-state index >= 15 is 0 Å². The molecule has 0 saturated heterocycles. The summed E-state index contributed by atoms with van der Waals surface area (Å²) in [5.41, 5.74) is -0.843. The lowest BCUT2D eigenvalue weighted by Crippen LogP contribution is -2.06. The Bertz CT molecular complexity index is 373. The van der Waals surface area contributed by atoms with Crippen molar-refractivity contribution in [1.29, 1.82) is 0 Å². The van der Waals surface area contributed by atoms with Crippen molar-refractivity contribution in [1.82, 2.24) is 0 Å². The van der Waals surface area contributed by atoms with Crippen LogP contribution in [0.25, 0.3) is 0 Å². The smallest absolute Gasteiger partial charge is 0.384 e. The van der Waals surface area contributed by atoms with Gasteiger partial charge in [-0.05, 0) is 18.2 Å². The van der Waals surface area contributed by atoms with Gasteiger partial charge in [0.05, 0.1) is 11.7 Å². The lowest BCUT2D eigenvalue weighted by atomic mass is 10.1. The third-order valence-corrected chi connectivity index (χ3v) is 2.21. The van der Waals surface area contributed by atoms with Gasteiger partial charge in [-0.15, -0.1) is 6.58 Å². The molecule has 15 heavy (non-hydrogen) atoms. The van der Waals surface area contributed by atoms with Gasteiger partial charge >= 0.3 is 6.18 Å². The molecule has 0 heterocycles. The highest BCUT2D eigenvalue weighted by Gasteiger charge is 2.31. The van der Waals surface area contributed by atoms with Crippen molar-refractivity contribution >= 4 is 11.6 Å². The SMILES string of the molecule is C=CC(O)c1cc(C(F)(F)F)ccc1Cl. The molecule has 0 aromatic heterocycles. The minimum absolute atomic E-state index is 0.00138. The van der Waals surface area contributed by atoms with Crippen LogP contribution in [0.3, 0.4) is 0 Å². The number of hydrogen-bond donors (Lipinski definition) is 1. The molecule has 0 aliphatic carbocycles. The average molecular weight is 237 g/mol. The zero-order chi connectivity index (χ0) is 11.6. The minimum Gasteiger partial charge on any atom is -0.384 e. The summed E-state index contributed by atoms with van der Waals surface area (Å²) in [5, 5.41) is 9.41. The number of alkyl halides is 3. The number of aliphatic hydroxyl groups excluding tert-OH is 1. The highest BCUT2D eigenvalue weighted by atomic mass is 35.5. The van der Waals surface area contributed by atoms with Crippen molar-refractivity contribution in [2.24, 2.45) is 0 Å². The molecule has 0 saturated carbocycles. The van der Waals surface area contributed by atoms with E-state index < -0.39 is 17.8 Å². The predicted molar refractivity (Wildman–Crippen MR) is 51.6 cm³/mol. The molecule has 0 aliphatic heterocycles. The van der Waals surface area contributed by atoms with Gasteiger partial charge in [-0.2, -0.15) is 13.2 Å². The zero-order valence-electron chi connectivity index (χ0n) is 7.55. The average Bonchev–Trinajstić information content (AvgIpc) is 2.15. The summed E-state index contributed by atoms with van der Waals surface area (Å²) in [6, 6.07) is 2.78. The molecule has 0 fully saturated rings. The standard InChI is InChI=1S/C10H8ClF3O/c1-2-9(15)7-5-6(10(12,13)14)3-4-8(7)11/h2-5,9,15H,1H2. The topological polar surface area (TPSA) is 20.2 Å². The Hall–Kier alpha value is -1.00. The van der Waals surface area contributed by atoms with Gasteiger partial charge in [-0.1, -0.05) is 17.7 Å². The molecule has 1 rings (SSSR count). The summed E-state index contributed by atoms with van der Waals surface area (Å²) in [5.74, 6) is 0. The third kappa shape index (κ3) is 2.73. The normalized spacial score (nSPS) is 13.7. The molecule has 82 valence electrons. The van der Waals surface area contributed by atoms with Gasteiger partial charge in [0.25, 0.3) is 0 Å². The molecule has 1 aromatic carbocycles. The van der Waals surface area contributed by atoms with Crippen LogP contribution in [0.4, 0.5) is 13.2 Å². The molecule has 0 aliphatic rings. The van der Waals surface area contributed by atoms with E-state index in [1.165, 1.54) is 0 Å². The number of rotatable bonds is 2. The van der Waals surface area contributed by atoms with E-state index in [0.717, 1.165) is 24.3 Å². The third-order valence-electron chi connectivity index (χ3n) is 1.87. The number of hydrogen-bond acceptors (Lipinski definition) is 1. The van der Waals surface area contributed by atoms with Crippen molar-refractivity contribution in [2.75, 3.05) is 0 Å². The lowest BCUT2D eigenvalue weighted by Gasteiger charge is -2.12. The second-order valence-electron chi connectivity index (χ2n) is 2.91. The van der Waals surface area contributed by atoms with E-state index in [0.29, 0.717) is 0 Å². The van der Waals surface area contributed by atoms with Gasteiger partial charge in [0.1, 0.15) is 0 Å². The largest absolute Gasteiger partial charge is 0.416 e. The molecule has 1 aromatic rings. The fourth-order valence-corrected chi connectivity index (χ4v) is 1.30. The van der Waals surface area contributed by atoms with Crippen LogP contribution < -0.4 is 0 Å². The molecular weight excluding hydrogens is 229 g/mol. The first-order valence-electron chi connectivity index (χ1n) is 4.03. The Morgan fingerprint density at radius 1 is 1.40 bits per heavy atom. The minimum atomic E-state index is -4.44. The first-order valence-corrected chi connectivity index (χ1v) is 4.41. The van der Waals surface area contributed by atoms with Crippen molar-refractivity contribution < 1.29 is 18.3 Å². The van der Waals surface area contributed by atoms with E-state index in [4.69, 9.17) is 11.6 Å². The fourth-order valence-electron chi connectivity index (χ4n) is 1.07. The molecular formula is C10H8ClF3O. The van der Waals surface area contributed by atoms with Crippen LogP contribution in [0.15, 0.2) is 30.9 Å². The molecule has 0 spiro atoms. The molecule has 5 heteroatoms. The van der Waals surface area contributed by atoms with Crippen LogP contribution >= 0.6 is 11.6 Å². The highest BCUT2D eigenvalue weighted by molar-refractivity contribution is 6.31. The van der Waals surface area contributed by atoms with Crippen molar-refractivity contribution in [2.45, 2.75) is 12.3 Å². The number of aliphatic hydroxyl groups is 1. The van der Waals surface area contributed by atoms with E-state index in [1.54, 1.807) is 0 Å². The molecule has 0 radical (unpaired) electrons. The van der Waals surface area contributed by atoms with Crippen LogP contribution in [0.2, 0.25) is 5.02 Å². The Kier molecular flexibility index (Phi) is 3.42. The molecule has 1 nitrogen and oxygen atoms in total. The number of benzene rings is 1.